The Morgan fingerprint density at radius 1 is 1.47 bits per heavy atom. The van der Waals surface area contributed by atoms with Crippen molar-refractivity contribution in [3.8, 4) is 6.07 Å². The van der Waals surface area contributed by atoms with Crippen molar-refractivity contribution in [1.29, 1.82) is 5.26 Å². The van der Waals surface area contributed by atoms with E-state index in [4.69, 9.17) is 5.26 Å². The molecule has 0 atom stereocenters. The fraction of sp³-hybridized carbons (Fsp3) is 0.438. The van der Waals surface area contributed by atoms with Crippen LogP contribution in [0.4, 0.5) is 0 Å². The van der Waals surface area contributed by atoms with Crippen LogP contribution < -0.4 is 0 Å². The molecule has 0 saturated heterocycles. The van der Waals surface area contributed by atoms with Gasteiger partial charge in [0.1, 0.15) is 0 Å². The molecule has 1 aliphatic carbocycles. The van der Waals surface area contributed by atoms with Crippen molar-refractivity contribution in [2.75, 3.05) is 0 Å². The standard InChI is InChI=1S/C16H21N/c1-4-7-14(8-5-2)16-10-6-9-15(11-16)13(3)12-17/h4,7-8,11H,5-6,9-10H2,1-3H3/b7-4-,14-8+,15-13-. The smallest absolute Gasteiger partial charge is 0.0946 e. The van der Waals surface area contributed by atoms with Gasteiger partial charge in [0.05, 0.1) is 6.07 Å². The van der Waals surface area contributed by atoms with E-state index in [1.165, 1.54) is 16.7 Å². The van der Waals surface area contributed by atoms with Crippen molar-refractivity contribution in [1.82, 2.24) is 0 Å². The maximum atomic E-state index is 8.95. The van der Waals surface area contributed by atoms with E-state index in [0.717, 1.165) is 31.3 Å². The predicted molar refractivity (Wildman–Crippen MR) is 73.4 cm³/mol. The Kier molecular flexibility index (Phi) is 5.49. The lowest BCUT2D eigenvalue weighted by molar-refractivity contribution is 0.787. The molecule has 0 aliphatic heterocycles. The maximum absolute atomic E-state index is 8.95. The first-order valence-corrected chi connectivity index (χ1v) is 6.36. The molecular formula is C16H21N. The molecule has 0 bridgehead atoms. The van der Waals surface area contributed by atoms with Gasteiger partial charge in [-0.1, -0.05) is 31.2 Å². The molecule has 0 radical (unpaired) electrons. The molecule has 0 fully saturated rings. The van der Waals surface area contributed by atoms with Crippen LogP contribution in [0.1, 0.15) is 46.5 Å². The van der Waals surface area contributed by atoms with Gasteiger partial charge >= 0.3 is 0 Å². The number of hydrogen-bond acceptors (Lipinski definition) is 1. The zero-order valence-electron chi connectivity index (χ0n) is 11.1. The molecule has 1 nitrogen and oxygen atoms in total. The molecule has 90 valence electrons. The summed E-state index contributed by atoms with van der Waals surface area (Å²) in [6.45, 7) is 6.11. The monoisotopic (exact) mass is 227 g/mol. The molecule has 0 aromatic heterocycles. The van der Waals surface area contributed by atoms with E-state index in [-0.39, 0.29) is 0 Å². The minimum atomic E-state index is 0.860. The van der Waals surface area contributed by atoms with E-state index in [2.05, 4.69) is 37.3 Å². The van der Waals surface area contributed by atoms with E-state index in [1.807, 2.05) is 13.8 Å². The van der Waals surface area contributed by atoms with Crippen LogP contribution in [0.5, 0.6) is 0 Å². The predicted octanol–water partition coefficient (Wildman–Crippen LogP) is 4.85. The minimum absolute atomic E-state index is 0.860. The summed E-state index contributed by atoms with van der Waals surface area (Å²) in [5.74, 6) is 0. The first-order chi connectivity index (χ1) is 8.22. The molecule has 0 aromatic carbocycles. The highest BCUT2D eigenvalue weighted by atomic mass is 14.2. The SMILES string of the molecule is C/C=C\C(=C/CC)C1=C/C(=C(/C)C#N)CCC1. The van der Waals surface area contributed by atoms with Gasteiger partial charge in [-0.15, -0.1) is 0 Å². The average molecular weight is 227 g/mol. The lowest BCUT2D eigenvalue weighted by atomic mass is 9.88. The average Bonchev–Trinajstić information content (AvgIpc) is 2.37. The third-order valence-corrected chi connectivity index (χ3v) is 3.03. The van der Waals surface area contributed by atoms with Crippen LogP contribution in [0.15, 0.2) is 46.6 Å². The Morgan fingerprint density at radius 2 is 2.24 bits per heavy atom. The largest absolute Gasteiger partial charge is 0.193 e. The van der Waals surface area contributed by atoms with Crippen molar-refractivity contribution in [2.45, 2.75) is 46.5 Å². The van der Waals surface area contributed by atoms with Gasteiger partial charge in [0, 0.05) is 5.57 Å². The molecule has 0 amide bonds. The molecule has 0 saturated carbocycles. The highest BCUT2D eigenvalue weighted by molar-refractivity contribution is 5.47. The van der Waals surface area contributed by atoms with Crippen LogP contribution in [0, 0.1) is 11.3 Å². The summed E-state index contributed by atoms with van der Waals surface area (Å²) in [4.78, 5) is 0. The maximum Gasteiger partial charge on any atom is 0.0946 e. The first-order valence-electron chi connectivity index (χ1n) is 6.36. The van der Waals surface area contributed by atoms with Crippen LogP contribution >= 0.6 is 0 Å². The Hall–Kier alpha value is -1.55. The van der Waals surface area contributed by atoms with Crippen molar-refractivity contribution in [3.63, 3.8) is 0 Å². The second-order valence-corrected chi connectivity index (χ2v) is 4.35. The number of nitriles is 1. The molecule has 0 heterocycles. The van der Waals surface area contributed by atoms with Gasteiger partial charge in [-0.05, 0) is 56.3 Å². The Balaban J connectivity index is 3.09. The van der Waals surface area contributed by atoms with Crippen molar-refractivity contribution in [3.05, 3.63) is 46.6 Å². The van der Waals surface area contributed by atoms with Gasteiger partial charge in [0.25, 0.3) is 0 Å². The Bertz CT molecular complexity index is 425. The summed E-state index contributed by atoms with van der Waals surface area (Å²) in [6.07, 6.45) is 13.1. The number of allylic oxidation sites excluding steroid dienone is 8. The van der Waals surface area contributed by atoms with Gasteiger partial charge in [0.2, 0.25) is 0 Å². The van der Waals surface area contributed by atoms with Gasteiger partial charge < -0.3 is 0 Å². The third-order valence-electron chi connectivity index (χ3n) is 3.03. The normalized spacial score (nSPS) is 20.1. The molecule has 1 heteroatoms. The quantitative estimate of drug-likeness (QED) is 0.499. The Labute approximate surface area is 105 Å². The molecule has 1 aliphatic rings. The fourth-order valence-corrected chi connectivity index (χ4v) is 2.12. The molecule has 17 heavy (non-hydrogen) atoms. The van der Waals surface area contributed by atoms with Crippen LogP contribution in [0.25, 0.3) is 0 Å². The van der Waals surface area contributed by atoms with Crippen LogP contribution in [-0.4, -0.2) is 0 Å². The van der Waals surface area contributed by atoms with E-state index in [9.17, 15) is 0 Å². The number of rotatable bonds is 3. The fourth-order valence-electron chi connectivity index (χ4n) is 2.12. The zero-order valence-corrected chi connectivity index (χ0v) is 11.1. The molecule has 0 N–H and O–H groups in total. The van der Waals surface area contributed by atoms with E-state index in [1.54, 1.807) is 0 Å². The highest BCUT2D eigenvalue weighted by Gasteiger charge is 2.11. The molecular weight excluding hydrogens is 206 g/mol. The Morgan fingerprint density at radius 3 is 2.82 bits per heavy atom. The summed E-state index contributed by atoms with van der Waals surface area (Å²) >= 11 is 0. The summed E-state index contributed by atoms with van der Waals surface area (Å²) < 4.78 is 0. The van der Waals surface area contributed by atoms with E-state index in [0.29, 0.717) is 0 Å². The van der Waals surface area contributed by atoms with Crippen molar-refractivity contribution < 1.29 is 0 Å². The van der Waals surface area contributed by atoms with Crippen LogP contribution in [-0.2, 0) is 0 Å². The number of nitrogens with zero attached hydrogens (tertiary/aromatic N) is 1. The minimum Gasteiger partial charge on any atom is -0.193 e. The summed E-state index contributed by atoms with van der Waals surface area (Å²) in [6, 6.07) is 2.26. The van der Waals surface area contributed by atoms with Crippen LogP contribution in [0.2, 0.25) is 0 Å². The summed E-state index contributed by atoms with van der Waals surface area (Å²) in [7, 11) is 0. The lowest BCUT2D eigenvalue weighted by Crippen LogP contribution is -1.98. The summed E-state index contributed by atoms with van der Waals surface area (Å²) in [5.41, 5.74) is 4.76. The first kappa shape index (κ1) is 13.5. The zero-order chi connectivity index (χ0) is 12.7. The second kappa shape index (κ2) is 6.91. The van der Waals surface area contributed by atoms with Gasteiger partial charge in [-0.25, -0.2) is 0 Å². The number of hydrogen-bond donors (Lipinski definition) is 0. The van der Waals surface area contributed by atoms with Crippen molar-refractivity contribution >= 4 is 0 Å². The molecule has 1 rings (SSSR count). The van der Waals surface area contributed by atoms with Crippen LogP contribution in [0.3, 0.4) is 0 Å². The topological polar surface area (TPSA) is 23.8 Å². The third kappa shape index (κ3) is 3.75. The van der Waals surface area contributed by atoms with Gasteiger partial charge in [-0.2, -0.15) is 5.26 Å². The highest BCUT2D eigenvalue weighted by Crippen LogP contribution is 2.29. The van der Waals surface area contributed by atoms with Crippen molar-refractivity contribution in [2.24, 2.45) is 0 Å². The molecule has 0 spiro atoms. The van der Waals surface area contributed by atoms with E-state index >= 15 is 0 Å². The molecule has 0 unspecified atom stereocenters. The summed E-state index contributed by atoms with van der Waals surface area (Å²) in [5, 5.41) is 8.95. The lowest BCUT2D eigenvalue weighted by Gasteiger charge is -2.17. The van der Waals surface area contributed by atoms with E-state index < -0.39 is 0 Å². The van der Waals surface area contributed by atoms with Gasteiger partial charge in [0.15, 0.2) is 0 Å². The molecule has 0 aromatic rings. The second-order valence-electron chi connectivity index (χ2n) is 4.35. The van der Waals surface area contributed by atoms with Gasteiger partial charge in [-0.3, -0.25) is 0 Å².